The Labute approximate surface area is 125 Å². The van der Waals surface area contributed by atoms with E-state index in [1.807, 2.05) is 13.1 Å². The van der Waals surface area contributed by atoms with Crippen LogP contribution in [0.3, 0.4) is 0 Å². The fourth-order valence-corrected chi connectivity index (χ4v) is 2.95. The van der Waals surface area contributed by atoms with Gasteiger partial charge in [0, 0.05) is 29.8 Å². The molecule has 0 aliphatic carbocycles. The van der Waals surface area contributed by atoms with Gasteiger partial charge in [0.15, 0.2) is 0 Å². The predicted molar refractivity (Wildman–Crippen MR) is 77.9 cm³/mol. The van der Waals surface area contributed by atoms with Crippen LogP contribution in [0.1, 0.15) is 5.69 Å². The molecule has 2 rings (SSSR count). The van der Waals surface area contributed by atoms with Gasteiger partial charge in [0.2, 0.25) is 10.0 Å². The number of benzene rings is 1. The number of nitrogens with zero attached hydrogens (tertiary/aromatic N) is 2. The third kappa shape index (κ3) is 3.59. The van der Waals surface area contributed by atoms with Crippen LogP contribution in [0.5, 0.6) is 5.75 Å². The molecule has 108 valence electrons. The Hall–Kier alpha value is -1.38. The van der Waals surface area contributed by atoms with E-state index in [1.165, 1.54) is 6.07 Å². The van der Waals surface area contributed by atoms with Crippen LogP contribution in [0.4, 0.5) is 0 Å². The average molecular weight is 360 g/mol. The highest BCUT2D eigenvalue weighted by Gasteiger charge is 2.15. The number of ether oxygens (including phenoxy) is 1. The summed E-state index contributed by atoms with van der Waals surface area (Å²) in [5.41, 5.74) is 0.999. The van der Waals surface area contributed by atoms with E-state index in [2.05, 4.69) is 21.0 Å². The van der Waals surface area contributed by atoms with E-state index in [0.717, 1.165) is 5.69 Å². The Bertz CT molecular complexity index is 712. The molecule has 1 heterocycles. The minimum absolute atomic E-state index is 0.0307. The lowest BCUT2D eigenvalue weighted by Gasteiger charge is -2.10. The fraction of sp³-hybridized carbons (Fsp3) is 0.250. The summed E-state index contributed by atoms with van der Waals surface area (Å²) in [5, 5.41) is 9.22. The van der Waals surface area contributed by atoms with Gasteiger partial charge in [-0.1, -0.05) is 15.9 Å². The highest BCUT2D eigenvalue weighted by atomic mass is 79.9. The van der Waals surface area contributed by atoms with Crippen LogP contribution < -0.4 is 9.88 Å². The van der Waals surface area contributed by atoms with Gasteiger partial charge < -0.3 is 4.74 Å². The lowest BCUT2D eigenvalue weighted by Crippen LogP contribution is -2.15. The minimum Gasteiger partial charge on any atom is -0.492 e. The maximum absolute atomic E-state index is 11.5. The first-order valence-electron chi connectivity index (χ1n) is 5.80. The lowest BCUT2D eigenvalue weighted by molar-refractivity contribution is 0.310. The first-order chi connectivity index (χ1) is 9.38. The summed E-state index contributed by atoms with van der Waals surface area (Å²) in [6.07, 6.45) is 2.32. The van der Waals surface area contributed by atoms with E-state index >= 15 is 0 Å². The number of aromatic nitrogens is 2. The molecule has 0 aliphatic heterocycles. The van der Waals surface area contributed by atoms with Crippen molar-refractivity contribution < 1.29 is 13.2 Å². The number of aryl methyl sites for hydroxylation is 1. The van der Waals surface area contributed by atoms with Crippen molar-refractivity contribution in [2.75, 3.05) is 6.61 Å². The molecule has 2 aromatic rings. The van der Waals surface area contributed by atoms with Crippen LogP contribution in [0.2, 0.25) is 0 Å². The smallest absolute Gasteiger partial charge is 0.241 e. The van der Waals surface area contributed by atoms with E-state index in [1.54, 1.807) is 23.0 Å². The molecule has 6 nitrogen and oxygen atoms in total. The molecule has 0 saturated carbocycles. The van der Waals surface area contributed by atoms with Crippen molar-refractivity contribution >= 4 is 26.0 Å². The molecule has 0 spiro atoms. The summed E-state index contributed by atoms with van der Waals surface area (Å²) in [5.74, 6) is 0.248. The monoisotopic (exact) mass is 359 g/mol. The number of halogens is 1. The van der Waals surface area contributed by atoms with Crippen molar-refractivity contribution in [1.82, 2.24) is 9.78 Å². The summed E-state index contributed by atoms with van der Waals surface area (Å²) in [4.78, 5) is -0.0307. The van der Waals surface area contributed by atoms with Crippen LogP contribution >= 0.6 is 15.9 Å². The molecular formula is C12H14BrN3O3S. The highest BCUT2D eigenvalue weighted by Crippen LogP contribution is 2.26. The van der Waals surface area contributed by atoms with Gasteiger partial charge in [-0.2, -0.15) is 5.10 Å². The van der Waals surface area contributed by atoms with Crippen molar-refractivity contribution in [2.24, 2.45) is 12.2 Å². The molecule has 8 heteroatoms. The Morgan fingerprint density at radius 3 is 2.75 bits per heavy atom. The Balaban J connectivity index is 2.12. The fourth-order valence-electron chi connectivity index (χ4n) is 1.74. The van der Waals surface area contributed by atoms with Gasteiger partial charge in [0.1, 0.15) is 10.6 Å². The molecule has 0 amide bonds. The first kappa shape index (κ1) is 15.0. The van der Waals surface area contributed by atoms with E-state index in [9.17, 15) is 8.42 Å². The SMILES string of the molecule is Cn1nccc1CCOc1ccc(Br)cc1S(N)(=O)=O. The molecular weight excluding hydrogens is 346 g/mol. The van der Waals surface area contributed by atoms with Gasteiger partial charge in [-0.25, -0.2) is 13.6 Å². The number of nitrogens with two attached hydrogens (primary N) is 1. The molecule has 0 radical (unpaired) electrons. The minimum atomic E-state index is -3.82. The standard InChI is InChI=1S/C12H14BrN3O3S/c1-16-10(4-6-15-16)5-7-19-11-3-2-9(13)8-12(11)20(14,17)18/h2-4,6,8H,5,7H2,1H3,(H2,14,17,18). The van der Waals surface area contributed by atoms with Crippen LogP contribution in [-0.4, -0.2) is 24.8 Å². The second kappa shape index (κ2) is 5.94. The summed E-state index contributed by atoms with van der Waals surface area (Å²) >= 11 is 3.21. The summed E-state index contributed by atoms with van der Waals surface area (Å²) in [7, 11) is -1.98. The number of rotatable bonds is 5. The third-order valence-electron chi connectivity index (χ3n) is 2.75. The molecule has 0 aliphatic rings. The topological polar surface area (TPSA) is 87.2 Å². The molecule has 20 heavy (non-hydrogen) atoms. The largest absolute Gasteiger partial charge is 0.492 e. The number of primary sulfonamides is 1. The van der Waals surface area contributed by atoms with Crippen molar-refractivity contribution in [1.29, 1.82) is 0 Å². The molecule has 1 aromatic carbocycles. The van der Waals surface area contributed by atoms with Crippen LogP contribution in [0, 0.1) is 0 Å². The van der Waals surface area contributed by atoms with Gasteiger partial charge >= 0.3 is 0 Å². The zero-order valence-electron chi connectivity index (χ0n) is 10.8. The van der Waals surface area contributed by atoms with Crippen molar-refractivity contribution in [3.05, 3.63) is 40.6 Å². The van der Waals surface area contributed by atoms with Gasteiger partial charge in [-0.15, -0.1) is 0 Å². The summed E-state index contributed by atoms with van der Waals surface area (Å²) in [6.45, 7) is 0.337. The van der Waals surface area contributed by atoms with E-state index < -0.39 is 10.0 Å². The van der Waals surface area contributed by atoms with Gasteiger partial charge in [0.25, 0.3) is 0 Å². The van der Waals surface area contributed by atoms with Crippen LogP contribution in [0.25, 0.3) is 0 Å². The Morgan fingerprint density at radius 1 is 1.40 bits per heavy atom. The zero-order valence-corrected chi connectivity index (χ0v) is 13.2. The number of sulfonamides is 1. The number of hydrogen-bond acceptors (Lipinski definition) is 4. The molecule has 0 bridgehead atoms. The molecule has 2 N–H and O–H groups in total. The van der Waals surface area contributed by atoms with E-state index in [4.69, 9.17) is 9.88 Å². The Morgan fingerprint density at radius 2 is 2.15 bits per heavy atom. The quantitative estimate of drug-likeness (QED) is 0.874. The normalized spacial score (nSPS) is 11.6. The molecule has 0 fully saturated rings. The third-order valence-corrected chi connectivity index (χ3v) is 4.18. The second-order valence-corrected chi connectivity index (χ2v) is 6.63. The number of hydrogen-bond donors (Lipinski definition) is 1. The summed E-state index contributed by atoms with van der Waals surface area (Å²) < 4.78 is 30.9. The molecule has 0 atom stereocenters. The van der Waals surface area contributed by atoms with Crippen LogP contribution in [-0.2, 0) is 23.5 Å². The maximum atomic E-state index is 11.5. The van der Waals surface area contributed by atoms with Crippen molar-refractivity contribution in [3.63, 3.8) is 0 Å². The van der Waals surface area contributed by atoms with Gasteiger partial charge in [-0.05, 0) is 24.3 Å². The average Bonchev–Trinajstić information content (AvgIpc) is 2.76. The predicted octanol–water partition coefficient (Wildman–Crippen LogP) is 1.45. The Kier molecular flexibility index (Phi) is 4.46. The molecule has 0 saturated heterocycles. The second-order valence-electron chi connectivity index (χ2n) is 4.18. The van der Waals surface area contributed by atoms with Crippen molar-refractivity contribution in [2.45, 2.75) is 11.3 Å². The lowest BCUT2D eigenvalue weighted by atomic mass is 10.3. The molecule has 1 aromatic heterocycles. The van der Waals surface area contributed by atoms with Gasteiger partial charge in [-0.3, -0.25) is 4.68 Å². The van der Waals surface area contributed by atoms with Gasteiger partial charge in [0.05, 0.1) is 6.61 Å². The van der Waals surface area contributed by atoms with Crippen molar-refractivity contribution in [3.8, 4) is 5.75 Å². The zero-order chi connectivity index (χ0) is 14.8. The first-order valence-corrected chi connectivity index (χ1v) is 8.14. The summed E-state index contributed by atoms with van der Waals surface area (Å²) in [6, 6.07) is 6.58. The highest BCUT2D eigenvalue weighted by molar-refractivity contribution is 9.10. The molecule has 0 unspecified atom stereocenters. The van der Waals surface area contributed by atoms with E-state index in [0.29, 0.717) is 17.5 Å². The maximum Gasteiger partial charge on any atom is 0.241 e. The van der Waals surface area contributed by atoms with E-state index in [-0.39, 0.29) is 10.6 Å². The van der Waals surface area contributed by atoms with Crippen LogP contribution in [0.15, 0.2) is 39.8 Å².